The Bertz CT molecular complexity index is 595. The van der Waals surface area contributed by atoms with E-state index in [1.165, 1.54) is 9.80 Å². The summed E-state index contributed by atoms with van der Waals surface area (Å²) in [4.78, 5) is 7.36. The number of hydrogen-bond acceptors (Lipinski definition) is 3. The molecule has 3 heteroatoms. The topological polar surface area (TPSA) is 21.6 Å². The zero-order valence-corrected chi connectivity index (χ0v) is 13.6. The Kier molecular flexibility index (Phi) is 3.94. The lowest BCUT2D eigenvalue weighted by molar-refractivity contribution is 0.232. The first-order valence-electron chi connectivity index (χ1n) is 7.36. The van der Waals surface area contributed by atoms with Gasteiger partial charge in [-0.05, 0) is 17.5 Å². The van der Waals surface area contributed by atoms with E-state index in [0.717, 1.165) is 5.90 Å². The number of rotatable bonds is 3. The first kappa shape index (κ1) is 14.5. The Morgan fingerprint density at radius 2 is 1.95 bits per heavy atom. The van der Waals surface area contributed by atoms with Crippen molar-refractivity contribution in [1.29, 1.82) is 0 Å². The van der Waals surface area contributed by atoms with Crippen LogP contribution in [0.1, 0.15) is 20.8 Å². The molecule has 0 fully saturated rings. The van der Waals surface area contributed by atoms with Crippen LogP contribution in [0.25, 0.3) is 0 Å². The molecule has 0 saturated heterocycles. The van der Waals surface area contributed by atoms with E-state index in [1.807, 2.05) is 6.07 Å². The first-order chi connectivity index (χ1) is 10.0. The molecule has 0 N–H and O–H groups in total. The number of benzene rings is 1. The highest BCUT2D eigenvalue weighted by Crippen LogP contribution is 2.38. The quantitative estimate of drug-likeness (QED) is 0.807. The van der Waals surface area contributed by atoms with Crippen LogP contribution in [0, 0.1) is 11.3 Å². The standard InChI is InChI=1S/C18H21NOS/c1-18(2,3)16-12-20-17(19-16)14-10-7-11-15(14)21-13-8-5-4-6-9-13/h4-11,14,16H,12H2,1-3H3/t14?,16-/m1/s1. The maximum absolute atomic E-state index is 5.89. The monoisotopic (exact) mass is 299 g/mol. The second-order valence-electron chi connectivity index (χ2n) is 6.51. The average Bonchev–Trinajstić information content (AvgIpc) is 3.07. The van der Waals surface area contributed by atoms with Gasteiger partial charge in [0.05, 0.1) is 12.0 Å². The number of nitrogens with zero attached hydrogens (tertiary/aromatic N) is 1. The number of hydrogen-bond donors (Lipinski definition) is 0. The van der Waals surface area contributed by atoms with Crippen molar-refractivity contribution < 1.29 is 4.74 Å². The molecule has 1 aliphatic heterocycles. The Morgan fingerprint density at radius 1 is 1.19 bits per heavy atom. The van der Waals surface area contributed by atoms with Crippen molar-refractivity contribution in [2.24, 2.45) is 16.3 Å². The van der Waals surface area contributed by atoms with Crippen LogP contribution in [0.3, 0.4) is 0 Å². The second kappa shape index (κ2) is 5.72. The molecule has 2 nitrogen and oxygen atoms in total. The van der Waals surface area contributed by atoms with Crippen molar-refractivity contribution in [3.63, 3.8) is 0 Å². The molecule has 3 rings (SSSR count). The van der Waals surface area contributed by atoms with Gasteiger partial charge in [0.15, 0.2) is 5.90 Å². The highest BCUT2D eigenvalue weighted by molar-refractivity contribution is 8.03. The minimum Gasteiger partial charge on any atom is -0.478 e. The van der Waals surface area contributed by atoms with Gasteiger partial charge in [-0.1, -0.05) is 69.0 Å². The van der Waals surface area contributed by atoms with Gasteiger partial charge in [-0.25, -0.2) is 4.99 Å². The highest BCUT2D eigenvalue weighted by Gasteiger charge is 2.34. The van der Waals surface area contributed by atoms with Crippen LogP contribution in [0.5, 0.6) is 0 Å². The van der Waals surface area contributed by atoms with Crippen LogP contribution in [0.4, 0.5) is 0 Å². The molecule has 1 aromatic carbocycles. The van der Waals surface area contributed by atoms with E-state index in [9.17, 15) is 0 Å². The molecule has 0 aromatic heterocycles. The lowest BCUT2D eigenvalue weighted by atomic mass is 9.88. The Labute approximate surface area is 131 Å². The summed E-state index contributed by atoms with van der Waals surface area (Å²) in [6, 6.07) is 10.7. The van der Waals surface area contributed by atoms with Gasteiger partial charge in [0.1, 0.15) is 6.61 Å². The number of aliphatic imine (C=N–C) groups is 1. The van der Waals surface area contributed by atoms with E-state index in [0.29, 0.717) is 6.61 Å². The van der Waals surface area contributed by atoms with Gasteiger partial charge in [0.25, 0.3) is 0 Å². The fourth-order valence-electron chi connectivity index (χ4n) is 2.39. The smallest absolute Gasteiger partial charge is 0.195 e. The largest absolute Gasteiger partial charge is 0.478 e. The summed E-state index contributed by atoms with van der Waals surface area (Å²) in [7, 11) is 0. The summed E-state index contributed by atoms with van der Waals surface area (Å²) in [6.07, 6.45) is 6.44. The van der Waals surface area contributed by atoms with Crippen molar-refractivity contribution in [3.05, 3.63) is 53.5 Å². The van der Waals surface area contributed by atoms with Crippen molar-refractivity contribution >= 4 is 17.7 Å². The summed E-state index contributed by atoms with van der Waals surface area (Å²) in [5.41, 5.74) is 0.153. The van der Waals surface area contributed by atoms with Crippen LogP contribution in [-0.2, 0) is 4.74 Å². The van der Waals surface area contributed by atoms with Crippen LogP contribution < -0.4 is 0 Å². The third-order valence-electron chi connectivity index (χ3n) is 3.79. The molecule has 0 radical (unpaired) electrons. The van der Waals surface area contributed by atoms with Gasteiger partial charge in [-0.2, -0.15) is 0 Å². The summed E-state index contributed by atoms with van der Waals surface area (Å²) >= 11 is 1.79. The molecular formula is C18H21NOS. The van der Waals surface area contributed by atoms with Crippen molar-refractivity contribution in [2.45, 2.75) is 31.7 Å². The minimum atomic E-state index is 0.153. The number of ether oxygens (including phenoxy) is 1. The summed E-state index contributed by atoms with van der Waals surface area (Å²) in [5, 5.41) is 0. The van der Waals surface area contributed by atoms with Crippen molar-refractivity contribution in [3.8, 4) is 0 Å². The molecule has 0 saturated carbocycles. The Balaban J connectivity index is 1.74. The first-order valence-corrected chi connectivity index (χ1v) is 8.17. The fraction of sp³-hybridized carbons (Fsp3) is 0.389. The van der Waals surface area contributed by atoms with Crippen LogP contribution in [0.15, 0.2) is 63.4 Å². The van der Waals surface area contributed by atoms with Gasteiger partial charge in [-0.3, -0.25) is 0 Å². The Morgan fingerprint density at radius 3 is 2.62 bits per heavy atom. The lowest BCUT2D eigenvalue weighted by Gasteiger charge is -2.21. The lowest BCUT2D eigenvalue weighted by Crippen LogP contribution is -2.25. The van der Waals surface area contributed by atoms with E-state index >= 15 is 0 Å². The molecule has 110 valence electrons. The molecule has 21 heavy (non-hydrogen) atoms. The van der Waals surface area contributed by atoms with Gasteiger partial charge in [0, 0.05) is 9.80 Å². The second-order valence-corrected chi connectivity index (χ2v) is 7.65. The molecule has 1 aliphatic carbocycles. The zero-order valence-electron chi connectivity index (χ0n) is 12.7. The molecule has 0 amide bonds. The van der Waals surface area contributed by atoms with E-state index < -0.39 is 0 Å². The van der Waals surface area contributed by atoms with E-state index in [1.54, 1.807) is 11.8 Å². The maximum atomic E-state index is 5.89. The SMILES string of the molecule is CC(C)(C)[C@H]1COC(C2C=CC=C2Sc2ccccc2)=N1. The van der Waals surface area contributed by atoms with Gasteiger partial charge in [0.2, 0.25) is 0 Å². The van der Waals surface area contributed by atoms with Gasteiger partial charge in [-0.15, -0.1) is 0 Å². The van der Waals surface area contributed by atoms with Crippen LogP contribution in [-0.4, -0.2) is 18.5 Å². The maximum Gasteiger partial charge on any atom is 0.195 e. The van der Waals surface area contributed by atoms with Gasteiger partial charge < -0.3 is 4.74 Å². The highest BCUT2D eigenvalue weighted by atomic mass is 32.2. The van der Waals surface area contributed by atoms with E-state index in [4.69, 9.17) is 9.73 Å². The third-order valence-corrected chi connectivity index (χ3v) is 4.92. The summed E-state index contributed by atoms with van der Waals surface area (Å²) in [5.74, 6) is 1.06. The molecule has 2 aliphatic rings. The summed E-state index contributed by atoms with van der Waals surface area (Å²) in [6.45, 7) is 7.35. The van der Waals surface area contributed by atoms with E-state index in [2.05, 4.69) is 63.3 Å². The molecule has 1 unspecified atom stereocenters. The van der Waals surface area contributed by atoms with Gasteiger partial charge >= 0.3 is 0 Å². The predicted molar refractivity (Wildman–Crippen MR) is 89.6 cm³/mol. The number of thioether (sulfide) groups is 1. The number of allylic oxidation sites excluding steroid dienone is 2. The summed E-state index contributed by atoms with van der Waals surface area (Å²) < 4.78 is 5.89. The fourth-order valence-corrected chi connectivity index (χ4v) is 3.41. The molecule has 2 atom stereocenters. The molecule has 0 bridgehead atoms. The van der Waals surface area contributed by atoms with Crippen LogP contribution >= 0.6 is 11.8 Å². The van der Waals surface area contributed by atoms with Crippen molar-refractivity contribution in [2.75, 3.05) is 6.61 Å². The predicted octanol–water partition coefficient (Wildman–Crippen LogP) is 4.69. The van der Waals surface area contributed by atoms with Crippen LogP contribution in [0.2, 0.25) is 0 Å². The molecule has 1 aromatic rings. The zero-order chi connectivity index (χ0) is 14.9. The Hall–Kier alpha value is -1.48. The molecular weight excluding hydrogens is 278 g/mol. The molecule has 1 heterocycles. The van der Waals surface area contributed by atoms with Crippen molar-refractivity contribution in [1.82, 2.24) is 0 Å². The normalized spacial score (nSPS) is 24.7. The third kappa shape index (κ3) is 3.24. The molecule has 0 spiro atoms. The average molecular weight is 299 g/mol. The van der Waals surface area contributed by atoms with E-state index in [-0.39, 0.29) is 17.4 Å². The minimum absolute atomic E-state index is 0.153.